The van der Waals surface area contributed by atoms with E-state index >= 15 is 0 Å². The molecule has 1 saturated heterocycles. The summed E-state index contributed by atoms with van der Waals surface area (Å²) in [7, 11) is 0. The highest BCUT2D eigenvalue weighted by Gasteiger charge is 2.28. The van der Waals surface area contributed by atoms with Crippen LogP contribution in [-0.4, -0.2) is 46.3 Å². The van der Waals surface area contributed by atoms with Gasteiger partial charge in [-0.15, -0.1) is 0 Å². The van der Waals surface area contributed by atoms with Gasteiger partial charge in [-0.05, 0) is 57.0 Å². The van der Waals surface area contributed by atoms with Crippen LogP contribution in [0.15, 0.2) is 30.3 Å². The summed E-state index contributed by atoms with van der Waals surface area (Å²) in [4.78, 5) is 26.6. The Balaban J connectivity index is 1.68. The van der Waals surface area contributed by atoms with Crippen LogP contribution in [0.1, 0.15) is 52.3 Å². The molecule has 0 spiro atoms. The maximum absolute atomic E-state index is 12.6. The van der Waals surface area contributed by atoms with Crippen LogP contribution in [0, 0.1) is 6.92 Å². The zero-order valence-corrected chi connectivity index (χ0v) is 15.7. The molecule has 0 radical (unpaired) electrons. The monoisotopic (exact) mass is 375 g/mol. The van der Waals surface area contributed by atoms with Crippen molar-refractivity contribution in [2.24, 2.45) is 0 Å². The van der Waals surface area contributed by atoms with Crippen molar-refractivity contribution in [1.82, 2.24) is 14.7 Å². The lowest BCUT2D eigenvalue weighted by molar-refractivity contribution is 0.0498. The predicted octanol–water partition coefficient (Wildman–Crippen LogP) is 3.50. The number of ether oxygens (including phenoxy) is 1. The third kappa shape index (κ3) is 3.90. The molecule has 6 nitrogen and oxygen atoms in total. The van der Waals surface area contributed by atoms with E-state index in [-0.39, 0.29) is 17.9 Å². The second kappa shape index (κ2) is 7.91. The van der Waals surface area contributed by atoms with Crippen molar-refractivity contribution < 1.29 is 14.3 Å². The van der Waals surface area contributed by atoms with Gasteiger partial charge in [-0.2, -0.15) is 5.10 Å². The number of rotatable bonds is 4. The molecule has 0 bridgehead atoms. The molecule has 138 valence electrons. The molecule has 0 N–H and O–H groups in total. The van der Waals surface area contributed by atoms with Gasteiger partial charge in [-0.3, -0.25) is 9.48 Å². The lowest BCUT2D eigenvalue weighted by Crippen LogP contribution is -2.39. The van der Waals surface area contributed by atoms with Crippen molar-refractivity contribution in [3.8, 4) is 0 Å². The van der Waals surface area contributed by atoms with Crippen molar-refractivity contribution >= 4 is 23.5 Å². The van der Waals surface area contributed by atoms with Gasteiger partial charge in [-0.25, -0.2) is 4.79 Å². The number of hydrogen-bond acceptors (Lipinski definition) is 4. The first-order valence-electron chi connectivity index (χ1n) is 8.77. The van der Waals surface area contributed by atoms with E-state index < -0.39 is 0 Å². The van der Waals surface area contributed by atoms with Crippen LogP contribution in [0.3, 0.4) is 0 Å². The van der Waals surface area contributed by atoms with Crippen molar-refractivity contribution in [3.63, 3.8) is 0 Å². The Kier molecular flexibility index (Phi) is 5.61. The minimum Gasteiger partial charge on any atom is -0.461 e. The lowest BCUT2D eigenvalue weighted by Gasteiger charge is -2.32. The van der Waals surface area contributed by atoms with Gasteiger partial charge in [-0.1, -0.05) is 11.6 Å². The number of halogens is 1. The van der Waals surface area contributed by atoms with E-state index in [0.717, 1.165) is 18.5 Å². The Labute approximate surface area is 157 Å². The zero-order chi connectivity index (χ0) is 18.7. The summed E-state index contributed by atoms with van der Waals surface area (Å²) in [5.74, 6) is -0.352. The largest absolute Gasteiger partial charge is 0.461 e. The molecule has 0 unspecified atom stereocenters. The third-order valence-electron chi connectivity index (χ3n) is 4.53. The lowest BCUT2D eigenvalue weighted by atomic mass is 10.0. The summed E-state index contributed by atoms with van der Waals surface area (Å²) >= 11 is 5.88. The topological polar surface area (TPSA) is 64.4 Å². The van der Waals surface area contributed by atoms with Gasteiger partial charge in [0, 0.05) is 23.7 Å². The summed E-state index contributed by atoms with van der Waals surface area (Å²) in [6.07, 6.45) is 1.49. The molecule has 2 heterocycles. The van der Waals surface area contributed by atoms with Crippen molar-refractivity contribution in [1.29, 1.82) is 0 Å². The molecule has 1 fully saturated rings. The maximum Gasteiger partial charge on any atom is 0.356 e. The van der Waals surface area contributed by atoms with Crippen LogP contribution >= 0.6 is 11.6 Å². The van der Waals surface area contributed by atoms with Gasteiger partial charge < -0.3 is 9.64 Å². The molecule has 1 aliphatic heterocycles. The van der Waals surface area contributed by atoms with E-state index in [9.17, 15) is 9.59 Å². The predicted molar refractivity (Wildman–Crippen MR) is 98.5 cm³/mol. The van der Waals surface area contributed by atoms with Crippen LogP contribution in [0.25, 0.3) is 0 Å². The number of hydrogen-bond donors (Lipinski definition) is 0. The molecule has 1 aromatic heterocycles. The first kappa shape index (κ1) is 18.5. The average molecular weight is 376 g/mol. The molecule has 2 aromatic rings. The minimum atomic E-state index is -0.354. The molecule has 1 aromatic carbocycles. The van der Waals surface area contributed by atoms with Gasteiger partial charge in [0.05, 0.1) is 18.3 Å². The molecule has 0 atom stereocenters. The molecule has 0 saturated carbocycles. The molecular weight excluding hydrogens is 354 g/mol. The number of carbonyl (C=O) groups is 2. The highest BCUT2D eigenvalue weighted by molar-refractivity contribution is 6.30. The molecule has 26 heavy (non-hydrogen) atoms. The Hall–Kier alpha value is -2.34. The SMILES string of the molecule is CCOC(=O)c1cc(C)nn1C1CCN(C(=O)c2ccc(Cl)cc2)CC1. The van der Waals surface area contributed by atoms with Gasteiger partial charge in [0.15, 0.2) is 0 Å². The van der Waals surface area contributed by atoms with E-state index in [0.29, 0.717) is 36.0 Å². The van der Waals surface area contributed by atoms with Gasteiger partial charge >= 0.3 is 5.97 Å². The number of nitrogens with zero attached hydrogens (tertiary/aromatic N) is 3. The smallest absolute Gasteiger partial charge is 0.356 e. The average Bonchev–Trinajstić information content (AvgIpc) is 3.04. The number of aryl methyl sites for hydroxylation is 1. The maximum atomic E-state index is 12.6. The summed E-state index contributed by atoms with van der Waals surface area (Å²) in [5.41, 5.74) is 1.90. The Morgan fingerprint density at radius 2 is 1.88 bits per heavy atom. The summed E-state index contributed by atoms with van der Waals surface area (Å²) in [6, 6.07) is 8.76. The number of piperidine rings is 1. The van der Waals surface area contributed by atoms with E-state index in [1.165, 1.54) is 0 Å². The first-order valence-corrected chi connectivity index (χ1v) is 9.15. The summed E-state index contributed by atoms with van der Waals surface area (Å²) in [5, 5.41) is 5.08. The molecule has 0 aliphatic carbocycles. The number of amides is 1. The molecule has 1 aliphatic rings. The Bertz CT molecular complexity index is 793. The van der Waals surface area contributed by atoms with Crippen LogP contribution in [0.2, 0.25) is 5.02 Å². The molecule has 7 heteroatoms. The van der Waals surface area contributed by atoms with Gasteiger partial charge in [0.1, 0.15) is 5.69 Å². The summed E-state index contributed by atoms with van der Waals surface area (Å²) in [6.45, 7) is 5.21. The highest BCUT2D eigenvalue weighted by Crippen LogP contribution is 2.25. The fourth-order valence-corrected chi connectivity index (χ4v) is 3.37. The van der Waals surface area contributed by atoms with E-state index in [1.807, 2.05) is 11.8 Å². The number of esters is 1. The number of likely N-dealkylation sites (tertiary alicyclic amines) is 1. The molecule has 1 amide bonds. The second-order valence-corrected chi connectivity index (χ2v) is 6.80. The quantitative estimate of drug-likeness (QED) is 0.767. The van der Waals surface area contributed by atoms with Crippen LogP contribution in [0.5, 0.6) is 0 Å². The summed E-state index contributed by atoms with van der Waals surface area (Å²) < 4.78 is 6.89. The van der Waals surface area contributed by atoms with Gasteiger partial charge in [0.2, 0.25) is 0 Å². The van der Waals surface area contributed by atoms with Crippen molar-refractivity contribution in [2.75, 3.05) is 19.7 Å². The fraction of sp³-hybridized carbons (Fsp3) is 0.421. The van der Waals surface area contributed by atoms with Crippen LogP contribution < -0.4 is 0 Å². The molecule has 3 rings (SSSR count). The van der Waals surface area contributed by atoms with Gasteiger partial charge in [0.25, 0.3) is 5.91 Å². The number of aromatic nitrogens is 2. The first-order chi connectivity index (χ1) is 12.5. The zero-order valence-electron chi connectivity index (χ0n) is 14.9. The Morgan fingerprint density at radius 3 is 2.50 bits per heavy atom. The molecular formula is C19H22ClN3O3. The van der Waals surface area contributed by atoms with E-state index in [2.05, 4.69) is 5.10 Å². The standard InChI is InChI=1S/C19H22ClN3O3/c1-3-26-19(25)17-12-13(2)21-23(17)16-8-10-22(11-9-16)18(24)14-4-6-15(20)7-5-14/h4-7,12,16H,3,8-11H2,1-2H3. The van der Waals surface area contributed by atoms with Crippen LogP contribution in [0.4, 0.5) is 0 Å². The number of benzene rings is 1. The van der Waals surface area contributed by atoms with Crippen molar-refractivity contribution in [3.05, 3.63) is 52.3 Å². The Morgan fingerprint density at radius 1 is 1.23 bits per heavy atom. The fourth-order valence-electron chi connectivity index (χ4n) is 3.24. The highest BCUT2D eigenvalue weighted by atomic mass is 35.5. The second-order valence-electron chi connectivity index (χ2n) is 6.37. The third-order valence-corrected chi connectivity index (χ3v) is 4.78. The normalized spacial score (nSPS) is 15.1. The van der Waals surface area contributed by atoms with Crippen molar-refractivity contribution in [2.45, 2.75) is 32.7 Å². The van der Waals surface area contributed by atoms with Crippen LogP contribution in [-0.2, 0) is 4.74 Å². The number of carbonyl (C=O) groups excluding carboxylic acids is 2. The van der Waals surface area contributed by atoms with E-state index in [4.69, 9.17) is 16.3 Å². The van der Waals surface area contributed by atoms with E-state index in [1.54, 1.807) is 41.9 Å². The minimum absolute atomic E-state index is 0.00220.